The molecule has 26 heavy (non-hydrogen) atoms. The van der Waals surface area contributed by atoms with E-state index in [4.69, 9.17) is 4.74 Å². The predicted molar refractivity (Wildman–Crippen MR) is 96.2 cm³/mol. The zero-order chi connectivity index (χ0) is 18.8. The van der Waals surface area contributed by atoms with Crippen molar-refractivity contribution in [3.05, 3.63) is 34.0 Å². The molecule has 0 atom stereocenters. The van der Waals surface area contributed by atoms with E-state index in [-0.39, 0.29) is 18.4 Å². The van der Waals surface area contributed by atoms with Gasteiger partial charge in [0.1, 0.15) is 10.7 Å². The van der Waals surface area contributed by atoms with Crippen LogP contribution < -0.4 is 5.32 Å². The van der Waals surface area contributed by atoms with Gasteiger partial charge in [0.25, 0.3) is 5.91 Å². The van der Waals surface area contributed by atoms with Gasteiger partial charge in [-0.3, -0.25) is 14.3 Å². The second-order valence-electron chi connectivity index (χ2n) is 5.91. The summed E-state index contributed by atoms with van der Waals surface area (Å²) in [7, 11) is 1.67. The standard InChI is InChI=1S/C17H20N4O4S/c1-4-25-17(24)14-11-6-8-21(10(2)22)9-13(11)26-16(14)19-15(23)12-5-7-18-20(12)3/h5,7H,4,6,8-9H2,1-3H3,(H,19,23). The smallest absolute Gasteiger partial charge is 0.341 e. The minimum absolute atomic E-state index is 0.0118. The van der Waals surface area contributed by atoms with Crippen LogP contribution in [0.1, 0.15) is 45.1 Å². The number of nitrogens with zero attached hydrogens (tertiary/aromatic N) is 3. The van der Waals surface area contributed by atoms with Crippen LogP contribution in [0.5, 0.6) is 0 Å². The molecule has 3 heterocycles. The van der Waals surface area contributed by atoms with Crippen molar-refractivity contribution in [1.82, 2.24) is 14.7 Å². The molecule has 1 aliphatic heterocycles. The van der Waals surface area contributed by atoms with Gasteiger partial charge in [0.15, 0.2) is 0 Å². The van der Waals surface area contributed by atoms with Crippen LogP contribution in [0, 0.1) is 0 Å². The highest BCUT2D eigenvalue weighted by atomic mass is 32.1. The number of thiophene rings is 1. The van der Waals surface area contributed by atoms with Gasteiger partial charge in [0, 0.05) is 31.6 Å². The van der Waals surface area contributed by atoms with E-state index in [1.54, 1.807) is 24.9 Å². The summed E-state index contributed by atoms with van der Waals surface area (Å²) in [5.41, 5.74) is 1.63. The minimum atomic E-state index is -0.457. The van der Waals surface area contributed by atoms with Crippen LogP contribution in [0.4, 0.5) is 5.00 Å². The number of aryl methyl sites for hydroxylation is 1. The van der Waals surface area contributed by atoms with E-state index in [9.17, 15) is 14.4 Å². The summed E-state index contributed by atoms with van der Waals surface area (Å²) in [6, 6.07) is 1.60. The molecule has 2 aromatic heterocycles. The van der Waals surface area contributed by atoms with Crippen molar-refractivity contribution in [3.63, 3.8) is 0 Å². The van der Waals surface area contributed by atoms with Crippen molar-refractivity contribution in [2.24, 2.45) is 7.05 Å². The summed E-state index contributed by atoms with van der Waals surface area (Å²) in [4.78, 5) is 39.3. The second kappa shape index (κ2) is 7.28. The first-order chi connectivity index (χ1) is 12.4. The van der Waals surface area contributed by atoms with E-state index >= 15 is 0 Å². The maximum absolute atomic E-state index is 12.5. The molecule has 0 spiro atoms. The van der Waals surface area contributed by atoms with Gasteiger partial charge < -0.3 is 15.0 Å². The van der Waals surface area contributed by atoms with Crippen molar-refractivity contribution in [2.75, 3.05) is 18.5 Å². The van der Waals surface area contributed by atoms with Crippen molar-refractivity contribution in [3.8, 4) is 0 Å². The monoisotopic (exact) mass is 376 g/mol. The number of rotatable bonds is 4. The summed E-state index contributed by atoms with van der Waals surface area (Å²) in [5, 5.41) is 7.24. The Balaban J connectivity index is 1.96. The average Bonchev–Trinajstić information content (AvgIpc) is 3.17. The molecule has 0 aromatic carbocycles. The molecule has 1 N–H and O–H groups in total. The van der Waals surface area contributed by atoms with E-state index in [1.165, 1.54) is 29.1 Å². The molecule has 3 rings (SSSR count). The number of ether oxygens (including phenoxy) is 1. The van der Waals surface area contributed by atoms with E-state index < -0.39 is 5.97 Å². The molecular weight excluding hydrogens is 356 g/mol. The quantitative estimate of drug-likeness (QED) is 0.822. The fraction of sp³-hybridized carbons (Fsp3) is 0.412. The van der Waals surface area contributed by atoms with Crippen LogP contribution in [0.15, 0.2) is 12.3 Å². The second-order valence-corrected chi connectivity index (χ2v) is 7.02. The molecule has 0 fully saturated rings. The van der Waals surface area contributed by atoms with Gasteiger partial charge in [0.05, 0.1) is 18.7 Å². The number of fused-ring (bicyclic) bond motifs is 1. The molecule has 0 aliphatic carbocycles. The van der Waals surface area contributed by atoms with Crippen molar-refractivity contribution in [2.45, 2.75) is 26.8 Å². The first-order valence-electron chi connectivity index (χ1n) is 8.28. The van der Waals surface area contributed by atoms with Crippen molar-refractivity contribution in [1.29, 1.82) is 0 Å². The zero-order valence-corrected chi connectivity index (χ0v) is 15.7. The summed E-state index contributed by atoms with van der Waals surface area (Å²) in [6.07, 6.45) is 2.09. The molecule has 2 aromatic rings. The summed E-state index contributed by atoms with van der Waals surface area (Å²) in [5.74, 6) is -0.818. The lowest BCUT2D eigenvalue weighted by Crippen LogP contribution is -2.34. The Morgan fingerprint density at radius 2 is 2.15 bits per heavy atom. The highest BCUT2D eigenvalue weighted by Gasteiger charge is 2.30. The summed E-state index contributed by atoms with van der Waals surface area (Å²) in [6.45, 7) is 4.49. The zero-order valence-electron chi connectivity index (χ0n) is 14.9. The Morgan fingerprint density at radius 3 is 2.77 bits per heavy atom. The number of carbonyl (C=O) groups excluding carboxylic acids is 3. The SMILES string of the molecule is CCOC(=O)c1c(NC(=O)c2ccnn2C)sc2c1CCN(C(C)=O)C2. The topological polar surface area (TPSA) is 93.5 Å². The lowest BCUT2D eigenvalue weighted by Gasteiger charge is -2.25. The van der Waals surface area contributed by atoms with Gasteiger partial charge in [-0.2, -0.15) is 5.10 Å². The third kappa shape index (κ3) is 3.34. The Labute approximate surface area is 154 Å². The third-order valence-electron chi connectivity index (χ3n) is 4.26. The van der Waals surface area contributed by atoms with E-state index in [0.717, 1.165) is 10.4 Å². The number of amides is 2. The lowest BCUT2D eigenvalue weighted by atomic mass is 10.0. The molecule has 1 aliphatic rings. The molecule has 0 bridgehead atoms. The molecule has 9 heteroatoms. The van der Waals surface area contributed by atoms with Crippen molar-refractivity contribution < 1.29 is 19.1 Å². The molecule has 0 saturated carbocycles. The van der Waals surface area contributed by atoms with Crippen molar-refractivity contribution >= 4 is 34.1 Å². The largest absolute Gasteiger partial charge is 0.462 e. The van der Waals surface area contributed by atoms with Crippen LogP contribution in [0.25, 0.3) is 0 Å². The Bertz CT molecular complexity index is 870. The molecule has 0 saturated heterocycles. The number of aromatic nitrogens is 2. The Kier molecular flexibility index (Phi) is 5.08. The van der Waals surface area contributed by atoms with Crippen LogP contribution in [0.3, 0.4) is 0 Å². The molecule has 8 nitrogen and oxygen atoms in total. The third-order valence-corrected chi connectivity index (χ3v) is 5.39. The fourth-order valence-electron chi connectivity index (χ4n) is 2.94. The average molecular weight is 376 g/mol. The van der Waals surface area contributed by atoms with Gasteiger partial charge in [-0.25, -0.2) is 4.79 Å². The summed E-state index contributed by atoms with van der Waals surface area (Å²) < 4.78 is 6.64. The number of hydrogen-bond donors (Lipinski definition) is 1. The van der Waals surface area contributed by atoms with Crippen LogP contribution >= 0.6 is 11.3 Å². The predicted octanol–water partition coefficient (Wildman–Crippen LogP) is 1.82. The van der Waals surface area contributed by atoms with Gasteiger partial charge >= 0.3 is 5.97 Å². The molecule has 2 amide bonds. The van der Waals surface area contributed by atoms with Gasteiger partial charge in [-0.15, -0.1) is 11.3 Å². The fourth-order valence-corrected chi connectivity index (χ4v) is 4.19. The number of anilines is 1. The maximum Gasteiger partial charge on any atom is 0.341 e. The highest BCUT2D eigenvalue weighted by Crippen LogP contribution is 2.38. The normalized spacial score (nSPS) is 13.3. The minimum Gasteiger partial charge on any atom is -0.462 e. The molecule has 0 unspecified atom stereocenters. The highest BCUT2D eigenvalue weighted by molar-refractivity contribution is 7.17. The van der Waals surface area contributed by atoms with E-state index in [0.29, 0.717) is 35.8 Å². The number of hydrogen-bond acceptors (Lipinski definition) is 6. The number of nitrogens with one attached hydrogen (secondary N) is 1. The molecular formula is C17H20N4O4S. The van der Waals surface area contributed by atoms with Gasteiger partial charge in [-0.05, 0) is 25.0 Å². The van der Waals surface area contributed by atoms with Crippen LogP contribution in [0.2, 0.25) is 0 Å². The van der Waals surface area contributed by atoms with Crippen LogP contribution in [-0.4, -0.2) is 45.6 Å². The number of carbonyl (C=O) groups is 3. The van der Waals surface area contributed by atoms with E-state index in [1.807, 2.05) is 0 Å². The Hall–Kier alpha value is -2.68. The first kappa shape index (κ1) is 18.1. The lowest BCUT2D eigenvalue weighted by molar-refractivity contribution is -0.129. The van der Waals surface area contributed by atoms with Gasteiger partial charge in [-0.1, -0.05) is 0 Å². The molecule has 0 radical (unpaired) electrons. The number of esters is 1. The maximum atomic E-state index is 12.5. The van der Waals surface area contributed by atoms with E-state index in [2.05, 4.69) is 10.4 Å². The first-order valence-corrected chi connectivity index (χ1v) is 9.10. The van der Waals surface area contributed by atoms with Gasteiger partial charge in [0.2, 0.25) is 5.91 Å². The Morgan fingerprint density at radius 1 is 1.38 bits per heavy atom. The van der Waals surface area contributed by atoms with Crippen LogP contribution in [-0.2, 0) is 29.5 Å². The summed E-state index contributed by atoms with van der Waals surface area (Å²) >= 11 is 1.31. The molecule has 138 valence electrons.